The number of primary amides is 1. The Bertz CT molecular complexity index is 4340. The molecule has 1 saturated heterocycles. The topological polar surface area (TPSA) is 393 Å². The highest BCUT2D eigenvalue weighted by Gasteiger charge is 2.46. The predicted octanol–water partition coefficient (Wildman–Crippen LogP) is 7.48. The van der Waals surface area contributed by atoms with Gasteiger partial charge in [0.25, 0.3) is 17.7 Å². The molecule has 7 aromatic heterocycles. The lowest BCUT2D eigenvalue weighted by molar-refractivity contribution is -0.139. The van der Waals surface area contributed by atoms with Gasteiger partial charge in [-0.3, -0.25) is 38.4 Å². The molecule has 11 rings (SSSR count). The van der Waals surface area contributed by atoms with Crippen molar-refractivity contribution >= 4 is 115 Å². The molecule has 0 saturated carbocycles. The third-order valence-corrected chi connectivity index (χ3v) is 21.2. The predicted molar refractivity (Wildman–Crippen MR) is 347 cm³/mol. The van der Waals surface area contributed by atoms with Gasteiger partial charge >= 0.3 is 5.97 Å². The zero-order valence-electron chi connectivity index (χ0n) is 49.7. The monoisotopic (exact) mass is 1370 g/mol. The van der Waals surface area contributed by atoms with Gasteiger partial charge in [-0.05, 0) is 56.2 Å². The van der Waals surface area contributed by atoms with Gasteiger partial charge < -0.3 is 52.1 Å². The first kappa shape index (κ1) is 65.7. The number of aliphatic hydroxyl groups excluding tert-OH is 2. The lowest BCUT2D eigenvalue weighted by atomic mass is 9.90. The van der Waals surface area contributed by atoms with E-state index in [-0.39, 0.29) is 74.3 Å². The number of amides is 5. The molecule has 8 atom stereocenters. The van der Waals surface area contributed by atoms with Gasteiger partial charge in [0, 0.05) is 75.0 Å². The molecule has 10 bridgehead atoms. The van der Waals surface area contributed by atoms with Gasteiger partial charge in [0.15, 0.2) is 11.6 Å². The number of thiazole rings is 6. The number of nitrogens with two attached hydrogens (primary N) is 1. The lowest BCUT2D eigenvalue weighted by Crippen LogP contribution is -2.54. The number of phenolic OH excluding ortho intramolecular Hbond substituents is 1. The summed E-state index contributed by atoms with van der Waals surface area (Å²) in [5.74, 6) is -7.69. The summed E-state index contributed by atoms with van der Waals surface area (Å²) < 4.78 is 0. The number of rotatable bonds is 14. The number of carbonyl (C=O) groups is 8. The van der Waals surface area contributed by atoms with E-state index >= 15 is 4.79 Å². The Kier molecular flexibility index (Phi) is 19.4. The van der Waals surface area contributed by atoms with E-state index in [0.717, 1.165) is 45.3 Å². The van der Waals surface area contributed by atoms with Crippen LogP contribution >= 0.6 is 68.0 Å². The van der Waals surface area contributed by atoms with Crippen LogP contribution < -0.4 is 21.7 Å². The zero-order chi connectivity index (χ0) is 66.2. The Labute approximate surface area is 553 Å². The van der Waals surface area contributed by atoms with E-state index in [4.69, 9.17) is 25.7 Å². The number of hydrogen-bond acceptors (Lipinski definition) is 25. The van der Waals surface area contributed by atoms with Gasteiger partial charge in [-0.25, -0.2) is 34.9 Å². The van der Waals surface area contributed by atoms with Crippen LogP contribution in [0.5, 0.6) is 5.75 Å². The summed E-state index contributed by atoms with van der Waals surface area (Å²) in [6.07, 6.45) is -4.12. The fourth-order valence-electron chi connectivity index (χ4n) is 10.8. The smallest absolute Gasteiger partial charge is 0.303 e. The van der Waals surface area contributed by atoms with E-state index in [2.05, 4.69) is 30.9 Å². The third kappa shape index (κ3) is 14.5. The number of aromatic hydroxyl groups is 1. The van der Waals surface area contributed by atoms with Gasteiger partial charge in [-0.2, -0.15) is 0 Å². The largest absolute Gasteiger partial charge is 0.508 e. The molecule has 0 aliphatic carbocycles. The zero-order valence-corrected chi connectivity index (χ0v) is 54.6. The normalized spacial score (nSPS) is 19.5. The van der Waals surface area contributed by atoms with Crippen LogP contribution in [0, 0.1) is 12.8 Å². The molecule has 2 aliphatic heterocycles. The number of benzene rings is 2. The maximum absolute atomic E-state index is 15.2. The van der Waals surface area contributed by atoms with Gasteiger partial charge in [0.2, 0.25) is 11.8 Å². The van der Waals surface area contributed by atoms with Gasteiger partial charge in [-0.1, -0.05) is 49.4 Å². The highest BCUT2D eigenvalue weighted by molar-refractivity contribution is 7.15. The van der Waals surface area contributed by atoms with Crippen LogP contribution in [0.1, 0.15) is 144 Å². The minimum absolute atomic E-state index is 0.00531. The molecule has 480 valence electrons. The van der Waals surface area contributed by atoms with E-state index in [1.807, 2.05) is 0 Å². The number of nitrogens with zero attached hydrogens (tertiary/aromatic N) is 8. The van der Waals surface area contributed by atoms with E-state index in [1.54, 1.807) is 79.2 Å². The van der Waals surface area contributed by atoms with Crippen molar-refractivity contribution in [1.29, 1.82) is 0 Å². The summed E-state index contributed by atoms with van der Waals surface area (Å²) in [7, 11) is 0. The summed E-state index contributed by atoms with van der Waals surface area (Å²) >= 11 is 6.68. The number of carboxylic acids is 1. The van der Waals surface area contributed by atoms with Crippen molar-refractivity contribution in [1.82, 2.24) is 55.7 Å². The van der Waals surface area contributed by atoms with Crippen molar-refractivity contribution < 1.29 is 63.9 Å². The summed E-state index contributed by atoms with van der Waals surface area (Å²) in [5.41, 5.74) is 6.38. The number of carboxylic acid groups (broad SMARTS) is 1. The molecular weight excluding hydrogens is 1310 g/mol. The number of carbonyl (C=O) groups excluding carboxylic acids is 7. The Morgan fingerprint density at radius 2 is 1.35 bits per heavy atom. The summed E-state index contributed by atoms with van der Waals surface area (Å²) in [5, 5.41) is 71.8. The molecule has 2 aromatic carbocycles. The molecule has 93 heavy (non-hydrogen) atoms. The fourth-order valence-corrected chi connectivity index (χ4v) is 16.2. The second-order valence-electron chi connectivity index (χ2n) is 22.8. The first-order valence-corrected chi connectivity index (χ1v) is 34.1. The van der Waals surface area contributed by atoms with Crippen molar-refractivity contribution in [2.24, 2.45) is 11.7 Å². The maximum Gasteiger partial charge on any atom is 0.303 e. The Hall–Kier alpha value is -8.79. The van der Waals surface area contributed by atoms with Crippen molar-refractivity contribution in [2.75, 3.05) is 6.54 Å². The summed E-state index contributed by atoms with van der Waals surface area (Å²) in [6.45, 7) is 5.95. The number of fused-ring (bicyclic) bond motifs is 16. The number of nitrogens with one attached hydrogen (secondary N) is 3. The van der Waals surface area contributed by atoms with Crippen molar-refractivity contribution in [3.05, 3.63) is 147 Å². The minimum Gasteiger partial charge on any atom is -0.508 e. The first-order valence-electron chi connectivity index (χ1n) is 28.8. The van der Waals surface area contributed by atoms with Gasteiger partial charge in [0.05, 0.1) is 53.4 Å². The third-order valence-electron chi connectivity index (χ3n) is 15.6. The quantitative estimate of drug-likeness (QED) is 0.0509. The number of aryl methyl sites for hydroxylation is 1. The number of aliphatic hydroxyl groups is 3. The second kappa shape index (κ2) is 27.4. The van der Waals surface area contributed by atoms with Crippen molar-refractivity contribution in [3.8, 4) is 49.1 Å². The molecule has 9 heterocycles. The van der Waals surface area contributed by atoms with E-state index in [1.165, 1.54) is 69.7 Å². The molecule has 25 nitrogen and oxygen atoms in total. The van der Waals surface area contributed by atoms with Crippen LogP contribution in [-0.4, -0.2) is 143 Å². The summed E-state index contributed by atoms with van der Waals surface area (Å²) in [4.78, 5) is 145. The Morgan fingerprint density at radius 3 is 2.08 bits per heavy atom. The molecule has 1 fully saturated rings. The van der Waals surface area contributed by atoms with Crippen LogP contribution in [0.15, 0.2) is 93.6 Å². The van der Waals surface area contributed by atoms with Crippen LogP contribution in [0.25, 0.3) is 43.4 Å². The number of aliphatic carboxylic acids is 1. The standard InChI is InChI=1S/C62H58N12O13S6/c1-27-44(78)21-74-49(27)60-71-41(26-92-60)58-67-37(22-90-58)48-32(14-15-34(64-48)57-70-40(25-91-57)54(85)73-51(62(3,4)87)42(76)16-17-46(80)81)55-68-38(23-88-55)52(83)65-35(20-45(63)79)59-72-47(28(2)93-59)43(77)19-33(50(82)30-8-6-5-7-9-30)56-69-39(24-89-56)53(84)66-36(61(74)86)18-29-10-12-31(75)13-11-29/h5-15,22-27,33,35-36,44,49-51,75,78,82,87H,16-21H2,1-4H3,(H2,63,79)(H,65,83)(H,66,84)(H,73,85)(H,80,81)/t27-,33-,35-,36-,44-,49-,50+,51-/m0/s1. The number of aromatic nitrogens is 7. The number of Topliss-reactive ketones (excluding diaryl/α,β-unsaturated/α-hetero) is 2. The van der Waals surface area contributed by atoms with Crippen LogP contribution in [0.4, 0.5) is 0 Å². The van der Waals surface area contributed by atoms with E-state index in [9.17, 15) is 59.1 Å². The highest BCUT2D eigenvalue weighted by Crippen LogP contribution is 2.43. The van der Waals surface area contributed by atoms with Gasteiger partial charge in [0.1, 0.15) is 82.7 Å². The number of hydrogen-bond donors (Lipinski definition) is 9. The van der Waals surface area contributed by atoms with Crippen LogP contribution in [-0.2, 0) is 25.6 Å². The Morgan fingerprint density at radius 1 is 0.720 bits per heavy atom. The SMILES string of the molecule is Cc1sc2nc1C(=O)C[C@@H]([C@H](O)c1ccccc1)c1nc(cs1)C(=O)N[C@@H](Cc1ccc(O)cc1)C(=O)N1C[C@H](O)[C@H](C)[C@H]1c1nc(cs1)-c1nc(cs1)-c1nc(-c3nc(C(=O)N[C@@H](C(=O)CCC(=O)O)C(C)(C)O)cs3)ccc1-c1nc(cs1)C(=O)N[C@H]2CC(N)=O. The molecule has 10 N–H and O–H groups in total. The fraction of sp³-hybridized carbons (Fsp3) is 0.306. The number of phenols is 1. The number of ketones is 2. The average Bonchev–Trinajstić information content (AvgIpc) is 1.68. The van der Waals surface area contributed by atoms with Crippen LogP contribution in [0.2, 0.25) is 0 Å². The minimum atomic E-state index is -1.77. The Balaban J connectivity index is 0.994. The lowest BCUT2D eigenvalue weighted by Gasteiger charge is -2.29. The summed E-state index contributed by atoms with van der Waals surface area (Å²) in [6, 6.07) is 13.4. The van der Waals surface area contributed by atoms with E-state index in [0.29, 0.717) is 48.0 Å². The van der Waals surface area contributed by atoms with Crippen molar-refractivity contribution in [2.45, 2.75) is 108 Å². The average molecular weight is 1370 g/mol. The molecule has 2 aliphatic rings. The van der Waals surface area contributed by atoms with E-state index < -0.39 is 120 Å². The molecule has 0 spiro atoms. The molecule has 0 radical (unpaired) electrons. The second-order valence-corrected chi connectivity index (χ2v) is 28.4. The van der Waals surface area contributed by atoms with Crippen LogP contribution in [0.3, 0.4) is 0 Å². The molecule has 9 aromatic rings. The first-order chi connectivity index (χ1) is 44.4. The molecule has 5 amide bonds. The molecule has 31 heteroatoms. The molecule has 0 unspecified atom stereocenters. The highest BCUT2D eigenvalue weighted by atomic mass is 32.1. The maximum atomic E-state index is 15.2. The molecular formula is C62H58N12O13S6. The number of pyridine rings is 1. The van der Waals surface area contributed by atoms with Crippen molar-refractivity contribution in [3.63, 3.8) is 0 Å². The van der Waals surface area contributed by atoms with Gasteiger partial charge in [-0.15, -0.1) is 68.0 Å².